The van der Waals surface area contributed by atoms with Gasteiger partial charge in [-0.05, 0) is 31.4 Å². The van der Waals surface area contributed by atoms with Crippen molar-refractivity contribution < 1.29 is 9.59 Å². The van der Waals surface area contributed by atoms with Gasteiger partial charge < -0.3 is 5.32 Å². The van der Waals surface area contributed by atoms with Gasteiger partial charge in [0.1, 0.15) is 5.82 Å². The van der Waals surface area contributed by atoms with Crippen LogP contribution in [0.15, 0.2) is 30.3 Å². The van der Waals surface area contributed by atoms with Gasteiger partial charge in [0.2, 0.25) is 11.8 Å². The summed E-state index contributed by atoms with van der Waals surface area (Å²) < 4.78 is 1.87. The fraction of sp³-hybridized carbons (Fsp3) is 0.421. The van der Waals surface area contributed by atoms with E-state index in [1.54, 1.807) is 4.90 Å². The maximum atomic E-state index is 12.5. The Kier molecular flexibility index (Phi) is 5.16. The number of nitrogens with one attached hydrogen (secondary N) is 1. The number of aryl methyl sites for hydroxylation is 3. The summed E-state index contributed by atoms with van der Waals surface area (Å²) in [6.07, 6.45) is 1.30. The molecule has 0 aliphatic carbocycles. The van der Waals surface area contributed by atoms with Gasteiger partial charge in [-0.2, -0.15) is 5.10 Å². The first-order valence-corrected chi connectivity index (χ1v) is 8.70. The first-order valence-electron chi connectivity index (χ1n) is 8.70. The maximum absolute atomic E-state index is 12.5. The zero-order chi connectivity index (χ0) is 17.8. The summed E-state index contributed by atoms with van der Waals surface area (Å²) in [5, 5.41) is 7.29. The quantitative estimate of drug-likeness (QED) is 0.908. The van der Waals surface area contributed by atoms with Gasteiger partial charge in [0.05, 0.1) is 5.69 Å². The second kappa shape index (κ2) is 7.51. The lowest BCUT2D eigenvalue weighted by Gasteiger charge is -2.27. The van der Waals surface area contributed by atoms with Gasteiger partial charge in [-0.1, -0.05) is 24.3 Å². The lowest BCUT2D eigenvalue weighted by molar-refractivity contribution is -0.125. The third kappa shape index (κ3) is 4.07. The average molecular weight is 340 g/mol. The van der Waals surface area contributed by atoms with E-state index in [0.29, 0.717) is 13.1 Å². The molecule has 1 N–H and O–H groups in total. The van der Waals surface area contributed by atoms with Crippen molar-refractivity contribution in [2.45, 2.75) is 46.2 Å². The Morgan fingerprint density at radius 1 is 1.16 bits per heavy atom. The Bertz CT molecular complexity index is 781. The fourth-order valence-electron chi connectivity index (χ4n) is 3.11. The van der Waals surface area contributed by atoms with Crippen molar-refractivity contribution in [3.8, 4) is 0 Å². The monoisotopic (exact) mass is 340 g/mol. The molecule has 1 aromatic heterocycles. The van der Waals surface area contributed by atoms with E-state index in [-0.39, 0.29) is 24.7 Å². The van der Waals surface area contributed by atoms with Crippen LogP contribution in [0.4, 0.5) is 5.82 Å². The van der Waals surface area contributed by atoms with E-state index in [1.807, 2.05) is 48.9 Å². The van der Waals surface area contributed by atoms with Gasteiger partial charge in [0.25, 0.3) is 0 Å². The average Bonchev–Trinajstić information content (AvgIpc) is 2.99. The minimum Gasteiger partial charge on any atom is -0.352 e. The van der Waals surface area contributed by atoms with E-state index in [2.05, 4.69) is 10.4 Å². The first-order chi connectivity index (χ1) is 12.0. The molecule has 0 saturated heterocycles. The van der Waals surface area contributed by atoms with Crippen LogP contribution in [0.5, 0.6) is 0 Å². The number of rotatable bonds is 5. The molecular weight excluding hydrogens is 316 g/mol. The number of aromatic nitrogens is 2. The fourth-order valence-corrected chi connectivity index (χ4v) is 3.11. The lowest BCUT2D eigenvalue weighted by atomic mass is 10.1. The molecule has 132 valence electrons. The molecule has 0 radical (unpaired) electrons. The van der Waals surface area contributed by atoms with Crippen molar-refractivity contribution in [2.75, 3.05) is 11.4 Å². The smallest absolute Gasteiger partial charge is 0.228 e. The summed E-state index contributed by atoms with van der Waals surface area (Å²) in [4.78, 5) is 26.3. The van der Waals surface area contributed by atoms with Crippen LogP contribution in [-0.2, 0) is 22.7 Å². The zero-order valence-electron chi connectivity index (χ0n) is 14.8. The second-order valence-electron chi connectivity index (χ2n) is 6.47. The third-order valence-electron chi connectivity index (χ3n) is 4.51. The van der Waals surface area contributed by atoms with Crippen LogP contribution in [-0.4, -0.2) is 28.1 Å². The molecule has 0 spiro atoms. The molecule has 25 heavy (non-hydrogen) atoms. The largest absolute Gasteiger partial charge is 0.352 e. The topological polar surface area (TPSA) is 67.2 Å². The molecule has 0 bridgehead atoms. The van der Waals surface area contributed by atoms with E-state index in [1.165, 1.54) is 0 Å². The van der Waals surface area contributed by atoms with Crippen LogP contribution in [0.3, 0.4) is 0 Å². The van der Waals surface area contributed by atoms with Crippen LogP contribution in [0, 0.1) is 13.8 Å². The van der Waals surface area contributed by atoms with E-state index in [0.717, 1.165) is 35.6 Å². The predicted molar refractivity (Wildman–Crippen MR) is 96.2 cm³/mol. The molecule has 0 fully saturated rings. The van der Waals surface area contributed by atoms with Crippen LogP contribution in [0.25, 0.3) is 0 Å². The molecule has 2 aromatic rings. The molecule has 3 rings (SSSR count). The van der Waals surface area contributed by atoms with Gasteiger partial charge in [-0.15, -0.1) is 0 Å². The molecular formula is C19H24N4O2. The Hall–Kier alpha value is -2.63. The minimum absolute atomic E-state index is 0.0214. The van der Waals surface area contributed by atoms with Crippen LogP contribution < -0.4 is 10.2 Å². The number of hydrogen-bond acceptors (Lipinski definition) is 3. The number of fused-ring (bicyclic) bond motifs is 1. The Balaban J connectivity index is 1.51. The molecule has 2 amide bonds. The summed E-state index contributed by atoms with van der Waals surface area (Å²) in [6.45, 7) is 5.97. The summed E-state index contributed by atoms with van der Waals surface area (Å²) in [7, 11) is 0. The summed E-state index contributed by atoms with van der Waals surface area (Å²) in [5.74, 6) is 0.722. The Morgan fingerprint density at radius 2 is 1.96 bits per heavy atom. The van der Waals surface area contributed by atoms with E-state index in [9.17, 15) is 9.59 Å². The molecule has 2 heterocycles. The van der Waals surface area contributed by atoms with E-state index >= 15 is 0 Å². The minimum atomic E-state index is -0.0988. The summed E-state index contributed by atoms with van der Waals surface area (Å²) in [5.41, 5.74) is 3.15. The van der Waals surface area contributed by atoms with Gasteiger partial charge in [-0.3, -0.25) is 14.5 Å². The SMILES string of the molecule is Cc1cc2n(n1)CCCN2C(=O)CCC(=O)NCc1ccccc1C. The highest BCUT2D eigenvalue weighted by molar-refractivity contribution is 5.95. The van der Waals surface area contributed by atoms with Crippen molar-refractivity contribution in [3.63, 3.8) is 0 Å². The number of amides is 2. The summed E-state index contributed by atoms with van der Waals surface area (Å²) >= 11 is 0. The van der Waals surface area contributed by atoms with E-state index < -0.39 is 0 Å². The Labute approximate surface area is 147 Å². The number of benzene rings is 1. The van der Waals surface area contributed by atoms with Crippen LogP contribution in [0.2, 0.25) is 0 Å². The van der Waals surface area contributed by atoms with Gasteiger partial charge >= 0.3 is 0 Å². The predicted octanol–water partition coefficient (Wildman–Crippen LogP) is 2.33. The maximum Gasteiger partial charge on any atom is 0.228 e. The normalized spacial score (nSPS) is 13.4. The molecule has 6 heteroatoms. The van der Waals surface area contributed by atoms with Crippen molar-refractivity contribution in [1.82, 2.24) is 15.1 Å². The molecule has 0 atom stereocenters. The van der Waals surface area contributed by atoms with E-state index in [4.69, 9.17) is 0 Å². The van der Waals surface area contributed by atoms with Crippen molar-refractivity contribution in [3.05, 3.63) is 47.2 Å². The van der Waals surface area contributed by atoms with Gasteiger partial charge in [0, 0.05) is 38.5 Å². The highest BCUT2D eigenvalue weighted by Crippen LogP contribution is 2.22. The lowest BCUT2D eigenvalue weighted by Crippen LogP contribution is -2.38. The molecule has 0 saturated carbocycles. The highest BCUT2D eigenvalue weighted by Gasteiger charge is 2.24. The number of anilines is 1. The molecule has 6 nitrogen and oxygen atoms in total. The molecule has 0 unspecified atom stereocenters. The molecule has 1 aliphatic rings. The van der Waals surface area contributed by atoms with Gasteiger partial charge in [-0.25, -0.2) is 4.68 Å². The number of carbonyl (C=O) groups excluding carboxylic acids is 2. The van der Waals surface area contributed by atoms with Crippen LogP contribution >= 0.6 is 0 Å². The zero-order valence-corrected chi connectivity index (χ0v) is 14.8. The Morgan fingerprint density at radius 3 is 2.76 bits per heavy atom. The number of nitrogens with zero attached hydrogens (tertiary/aromatic N) is 3. The van der Waals surface area contributed by atoms with Gasteiger partial charge in [0.15, 0.2) is 0 Å². The molecule has 1 aliphatic heterocycles. The van der Waals surface area contributed by atoms with Crippen molar-refractivity contribution in [1.29, 1.82) is 0 Å². The van der Waals surface area contributed by atoms with Crippen molar-refractivity contribution in [2.24, 2.45) is 0 Å². The standard InChI is InChI=1S/C19H24N4O2/c1-14-6-3-4-7-16(14)13-20-17(24)8-9-19(25)22-10-5-11-23-18(22)12-15(2)21-23/h3-4,6-7,12H,5,8-11,13H2,1-2H3,(H,20,24). The second-order valence-corrected chi connectivity index (χ2v) is 6.47. The highest BCUT2D eigenvalue weighted by atomic mass is 16.2. The first kappa shape index (κ1) is 17.2. The number of hydrogen-bond donors (Lipinski definition) is 1. The molecule has 1 aromatic carbocycles. The third-order valence-corrected chi connectivity index (χ3v) is 4.51. The van der Waals surface area contributed by atoms with Crippen molar-refractivity contribution >= 4 is 17.6 Å². The summed E-state index contributed by atoms with van der Waals surface area (Å²) in [6, 6.07) is 9.88. The number of carbonyl (C=O) groups is 2. The van der Waals surface area contributed by atoms with Crippen LogP contribution in [0.1, 0.15) is 36.1 Å².